The summed E-state index contributed by atoms with van der Waals surface area (Å²) in [7, 11) is 0. The molecule has 0 saturated heterocycles. The lowest BCUT2D eigenvalue weighted by Gasteiger charge is -2.15. The molecular weight excluding hydrogens is 270 g/mol. The second-order valence-corrected chi connectivity index (χ2v) is 5.12. The first-order chi connectivity index (χ1) is 9.38. The van der Waals surface area contributed by atoms with Crippen molar-refractivity contribution in [2.45, 2.75) is 19.4 Å². The van der Waals surface area contributed by atoms with Gasteiger partial charge in [0.15, 0.2) is 0 Å². The van der Waals surface area contributed by atoms with Gasteiger partial charge >= 0.3 is 0 Å². The zero-order chi connectivity index (χ0) is 13.1. The third-order valence-corrected chi connectivity index (χ3v) is 3.56. The van der Waals surface area contributed by atoms with Crippen molar-refractivity contribution < 1.29 is 4.74 Å². The second kappa shape index (κ2) is 6.78. The van der Waals surface area contributed by atoms with Crippen LogP contribution in [0.15, 0.2) is 48.5 Å². The molecule has 2 aromatic carbocycles. The van der Waals surface area contributed by atoms with Crippen molar-refractivity contribution in [2.24, 2.45) is 11.7 Å². The largest absolute Gasteiger partial charge is 0.492 e. The van der Waals surface area contributed by atoms with Crippen LogP contribution in [0.1, 0.15) is 18.4 Å². The number of para-hydroxylation sites is 1. The quantitative estimate of drug-likeness (QED) is 0.902. The van der Waals surface area contributed by atoms with E-state index in [-0.39, 0.29) is 12.4 Å². The minimum atomic E-state index is 0. The van der Waals surface area contributed by atoms with Gasteiger partial charge in [0.25, 0.3) is 0 Å². The molecule has 1 aliphatic rings. The number of ether oxygens (including phenoxy) is 1. The summed E-state index contributed by atoms with van der Waals surface area (Å²) in [6.07, 6.45) is 2.59. The third kappa shape index (κ3) is 3.33. The normalized spacial score (nSPS) is 13.7. The number of rotatable bonds is 5. The van der Waals surface area contributed by atoms with Crippen molar-refractivity contribution in [1.29, 1.82) is 0 Å². The summed E-state index contributed by atoms with van der Waals surface area (Å²) in [4.78, 5) is 0. The zero-order valence-electron chi connectivity index (χ0n) is 11.4. The van der Waals surface area contributed by atoms with Crippen LogP contribution in [0.2, 0.25) is 0 Å². The van der Waals surface area contributed by atoms with Crippen LogP contribution in [0.25, 0.3) is 11.1 Å². The van der Waals surface area contributed by atoms with E-state index in [4.69, 9.17) is 10.5 Å². The van der Waals surface area contributed by atoms with Gasteiger partial charge in [0.05, 0.1) is 6.61 Å². The van der Waals surface area contributed by atoms with Gasteiger partial charge in [-0.1, -0.05) is 48.5 Å². The van der Waals surface area contributed by atoms with Gasteiger partial charge in [-0.15, -0.1) is 12.4 Å². The Morgan fingerprint density at radius 2 is 1.75 bits per heavy atom. The van der Waals surface area contributed by atoms with Crippen molar-refractivity contribution in [3.63, 3.8) is 0 Å². The number of benzene rings is 2. The number of nitrogens with two attached hydrogens (primary N) is 1. The van der Waals surface area contributed by atoms with E-state index in [9.17, 15) is 0 Å². The predicted octanol–water partition coefficient (Wildman–Crippen LogP) is 4.02. The number of hydrogen-bond acceptors (Lipinski definition) is 2. The summed E-state index contributed by atoms with van der Waals surface area (Å²) >= 11 is 0. The van der Waals surface area contributed by atoms with Crippen LogP contribution in [-0.4, -0.2) is 6.61 Å². The van der Waals surface area contributed by atoms with E-state index in [0.717, 1.165) is 29.4 Å². The lowest BCUT2D eigenvalue weighted by Crippen LogP contribution is -2.06. The van der Waals surface area contributed by atoms with Crippen molar-refractivity contribution in [3.8, 4) is 16.9 Å². The lowest BCUT2D eigenvalue weighted by molar-refractivity contribution is 0.298. The Hall–Kier alpha value is -1.51. The predicted molar refractivity (Wildman–Crippen MR) is 85.2 cm³/mol. The first-order valence-electron chi connectivity index (χ1n) is 6.88. The standard InChI is InChI=1S/C17H19NO.ClH/c18-11-15-7-4-8-16(14-5-2-1-3-6-14)17(15)19-12-13-9-10-13;/h1-8,13H,9-12,18H2;1H. The van der Waals surface area contributed by atoms with Crippen molar-refractivity contribution in [3.05, 3.63) is 54.1 Å². The minimum absolute atomic E-state index is 0. The summed E-state index contributed by atoms with van der Waals surface area (Å²) in [6, 6.07) is 16.6. The van der Waals surface area contributed by atoms with Crippen LogP contribution in [0, 0.1) is 5.92 Å². The highest BCUT2D eigenvalue weighted by Gasteiger charge is 2.23. The fourth-order valence-electron chi connectivity index (χ4n) is 2.25. The molecule has 0 bridgehead atoms. The molecule has 2 aromatic rings. The molecule has 1 fully saturated rings. The molecular formula is C17H20ClNO. The first kappa shape index (κ1) is 14.9. The molecule has 2 N–H and O–H groups in total. The highest BCUT2D eigenvalue weighted by atomic mass is 35.5. The van der Waals surface area contributed by atoms with Crippen molar-refractivity contribution in [2.75, 3.05) is 6.61 Å². The Balaban J connectivity index is 0.00000147. The minimum Gasteiger partial charge on any atom is -0.492 e. The molecule has 0 heterocycles. The Labute approximate surface area is 126 Å². The summed E-state index contributed by atoms with van der Waals surface area (Å²) in [5.74, 6) is 1.71. The summed E-state index contributed by atoms with van der Waals surface area (Å²) in [5.41, 5.74) is 9.25. The molecule has 0 unspecified atom stereocenters. The molecule has 106 valence electrons. The summed E-state index contributed by atoms with van der Waals surface area (Å²) < 4.78 is 6.06. The average Bonchev–Trinajstić information content (AvgIpc) is 3.30. The van der Waals surface area contributed by atoms with Gasteiger partial charge in [0, 0.05) is 17.7 Å². The van der Waals surface area contributed by atoms with Gasteiger partial charge in [0.1, 0.15) is 5.75 Å². The van der Waals surface area contributed by atoms with Crippen LogP contribution in [-0.2, 0) is 6.54 Å². The fraction of sp³-hybridized carbons (Fsp3) is 0.294. The first-order valence-corrected chi connectivity index (χ1v) is 6.88. The van der Waals surface area contributed by atoms with Gasteiger partial charge in [-0.05, 0) is 24.3 Å². The Morgan fingerprint density at radius 3 is 2.40 bits per heavy atom. The molecule has 0 aliphatic heterocycles. The average molecular weight is 290 g/mol. The zero-order valence-corrected chi connectivity index (χ0v) is 12.2. The smallest absolute Gasteiger partial charge is 0.131 e. The van der Waals surface area contributed by atoms with Gasteiger partial charge in [-0.3, -0.25) is 0 Å². The molecule has 0 atom stereocenters. The highest BCUT2D eigenvalue weighted by Crippen LogP contribution is 2.36. The van der Waals surface area contributed by atoms with Crippen molar-refractivity contribution in [1.82, 2.24) is 0 Å². The Kier molecular flexibility index (Phi) is 5.05. The van der Waals surface area contributed by atoms with Gasteiger partial charge in [-0.2, -0.15) is 0 Å². The number of hydrogen-bond donors (Lipinski definition) is 1. The molecule has 3 rings (SSSR count). The highest BCUT2D eigenvalue weighted by molar-refractivity contribution is 5.85. The van der Waals surface area contributed by atoms with E-state index in [2.05, 4.69) is 42.5 Å². The van der Waals surface area contributed by atoms with Crippen LogP contribution < -0.4 is 10.5 Å². The van der Waals surface area contributed by atoms with E-state index in [1.807, 2.05) is 6.07 Å². The maximum absolute atomic E-state index is 6.06. The molecule has 3 heteroatoms. The molecule has 2 nitrogen and oxygen atoms in total. The SMILES string of the molecule is Cl.NCc1cccc(-c2ccccc2)c1OCC1CC1. The molecule has 1 aliphatic carbocycles. The molecule has 0 spiro atoms. The van der Waals surface area contributed by atoms with Crippen LogP contribution in [0.4, 0.5) is 0 Å². The van der Waals surface area contributed by atoms with E-state index in [1.54, 1.807) is 0 Å². The van der Waals surface area contributed by atoms with Gasteiger partial charge < -0.3 is 10.5 Å². The van der Waals surface area contributed by atoms with Crippen molar-refractivity contribution >= 4 is 12.4 Å². The molecule has 20 heavy (non-hydrogen) atoms. The molecule has 0 aromatic heterocycles. The molecule has 0 amide bonds. The van der Waals surface area contributed by atoms with Gasteiger partial charge in [0.2, 0.25) is 0 Å². The topological polar surface area (TPSA) is 35.2 Å². The monoisotopic (exact) mass is 289 g/mol. The van der Waals surface area contributed by atoms with Gasteiger partial charge in [-0.25, -0.2) is 0 Å². The van der Waals surface area contributed by atoms with E-state index < -0.39 is 0 Å². The Bertz CT molecular complexity index is 552. The van der Waals surface area contributed by atoms with Crippen LogP contribution in [0.3, 0.4) is 0 Å². The molecule has 1 saturated carbocycles. The van der Waals surface area contributed by atoms with Crippen LogP contribution >= 0.6 is 12.4 Å². The summed E-state index contributed by atoms with van der Waals surface area (Å²) in [5, 5.41) is 0. The summed E-state index contributed by atoms with van der Waals surface area (Å²) in [6.45, 7) is 1.33. The third-order valence-electron chi connectivity index (χ3n) is 3.56. The molecule has 0 radical (unpaired) electrons. The van der Waals surface area contributed by atoms with E-state index in [1.165, 1.54) is 18.4 Å². The fourth-order valence-corrected chi connectivity index (χ4v) is 2.25. The lowest BCUT2D eigenvalue weighted by atomic mass is 10.0. The van der Waals surface area contributed by atoms with E-state index in [0.29, 0.717) is 6.54 Å². The maximum Gasteiger partial charge on any atom is 0.131 e. The van der Waals surface area contributed by atoms with E-state index >= 15 is 0 Å². The van der Waals surface area contributed by atoms with Crippen LogP contribution in [0.5, 0.6) is 5.75 Å². The Morgan fingerprint density at radius 1 is 1.00 bits per heavy atom. The second-order valence-electron chi connectivity index (χ2n) is 5.12. The number of halogens is 1. The maximum atomic E-state index is 6.06.